The highest BCUT2D eigenvalue weighted by Crippen LogP contribution is 2.19. The third kappa shape index (κ3) is 3.42. The Morgan fingerprint density at radius 1 is 1.22 bits per heavy atom. The van der Waals surface area contributed by atoms with Gasteiger partial charge in [0.1, 0.15) is 0 Å². The van der Waals surface area contributed by atoms with Crippen LogP contribution < -0.4 is 0 Å². The minimum atomic E-state index is 0.0175. The van der Waals surface area contributed by atoms with Gasteiger partial charge in [-0.1, -0.05) is 31.5 Å². The smallest absolute Gasteiger partial charge is 0.256 e. The second-order valence-electron chi connectivity index (χ2n) is 5.59. The number of unbranched alkanes of at least 4 members (excludes halogenated alkanes) is 1. The van der Waals surface area contributed by atoms with E-state index in [2.05, 4.69) is 11.9 Å². The number of carbonyl (C=O) groups excluding carboxylic acids is 1. The van der Waals surface area contributed by atoms with E-state index in [9.17, 15) is 4.79 Å². The molecule has 0 fully saturated rings. The molecule has 0 unspecified atom stereocenters. The topological polar surface area (TPSA) is 46.3 Å². The standard InChI is InChI=1S/C19H20N2O2/c1-2-3-11-21(13-15-9-12-23-14-15)19(22)17-8-4-6-16-7-5-10-20-18(16)17/h4-10,12,14H,2-3,11,13H2,1H3. The Hall–Kier alpha value is -2.62. The van der Waals surface area contributed by atoms with E-state index >= 15 is 0 Å². The number of aromatic nitrogens is 1. The molecule has 3 rings (SSSR count). The van der Waals surface area contributed by atoms with Gasteiger partial charge < -0.3 is 9.32 Å². The molecule has 0 atom stereocenters. The van der Waals surface area contributed by atoms with E-state index in [0.29, 0.717) is 12.1 Å². The molecule has 0 aliphatic heterocycles. The lowest BCUT2D eigenvalue weighted by atomic mass is 10.1. The fourth-order valence-corrected chi connectivity index (χ4v) is 2.65. The van der Waals surface area contributed by atoms with Gasteiger partial charge in [0.25, 0.3) is 5.91 Å². The van der Waals surface area contributed by atoms with Crippen molar-refractivity contribution in [3.8, 4) is 0 Å². The molecule has 0 saturated heterocycles. The molecule has 118 valence electrons. The third-order valence-electron chi connectivity index (χ3n) is 3.89. The molecule has 2 aromatic heterocycles. The minimum absolute atomic E-state index is 0.0175. The molecular formula is C19H20N2O2. The first kappa shape index (κ1) is 15.3. The van der Waals surface area contributed by atoms with Crippen LogP contribution in [0.15, 0.2) is 59.5 Å². The molecule has 4 nitrogen and oxygen atoms in total. The van der Waals surface area contributed by atoms with Gasteiger partial charge in [-0.25, -0.2) is 0 Å². The van der Waals surface area contributed by atoms with E-state index in [1.165, 1.54) is 0 Å². The van der Waals surface area contributed by atoms with E-state index in [-0.39, 0.29) is 5.91 Å². The van der Waals surface area contributed by atoms with Crippen molar-refractivity contribution in [2.75, 3.05) is 6.54 Å². The van der Waals surface area contributed by atoms with Gasteiger partial charge in [0, 0.05) is 30.2 Å². The number of hydrogen-bond donors (Lipinski definition) is 0. The van der Waals surface area contributed by atoms with Crippen LogP contribution in [0.1, 0.15) is 35.7 Å². The summed E-state index contributed by atoms with van der Waals surface area (Å²) in [5.41, 5.74) is 2.42. The van der Waals surface area contributed by atoms with Crippen LogP contribution in [0.25, 0.3) is 10.9 Å². The average Bonchev–Trinajstić information content (AvgIpc) is 3.10. The first-order chi connectivity index (χ1) is 11.3. The molecule has 1 aromatic carbocycles. The second kappa shape index (κ2) is 7.09. The van der Waals surface area contributed by atoms with Crippen molar-refractivity contribution in [3.63, 3.8) is 0 Å². The van der Waals surface area contributed by atoms with Crippen LogP contribution in [-0.2, 0) is 6.54 Å². The highest BCUT2D eigenvalue weighted by Gasteiger charge is 2.19. The summed E-state index contributed by atoms with van der Waals surface area (Å²) in [7, 11) is 0. The van der Waals surface area contributed by atoms with Crippen molar-refractivity contribution in [2.45, 2.75) is 26.3 Å². The summed E-state index contributed by atoms with van der Waals surface area (Å²) in [4.78, 5) is 19.3. The van der Waals surface area contributed by atoms with Crippen molar-refractivity contribution in [2.24, 2.45) is 0 Å². The Kier molecular flexibility index (Phi) is 4.71. The van der Waals surface area contributed by atoms with Gasteiger partial charge >= 0.3 is 0 Å². The molecule has 3 aromatic rings. The number of nitrogens with zero attached hydrogens (tertiary/aromatic N) is 2. The monoisotopic (exact) mass is 308 g/mol. The number of para-hydroxylation sites is 1. The van der Waals surface area contributed by atoms with Crippen molar-refractivity contribution in [3.05, 3.63) is 66.2 Å². The third-order valence-corrected chi connectivity index (χ3v) is 3.89. The van der Waals surface area contributed by atoms with E-state index in [4.69, 9.17) is 4.42 Å². The summed E-state index contributed by atoms with van der Waals surface area (Å²) in [5, 5.41) is 0.983. The number of furan rings is 1. The number of amides is 1. The van der Waals surface area contributed by atoms with Crippen LogP contribution in [-0.4, -0.2) is 22.3 Å². The van der Waals surface area contributed by atoms with Crippen LogP contribution in [0.4, 0.5) is 0 Å². The number of benzene rings is 1. The zero-order chi connectivity index (χ0) is 16.1. The largest absolute Gasteiger partial charge is 0.472 e. The quantitative estimate of drug-likeness (QED) is 0.683. The Bertz CT molecular complexity index is 776. The van der Waals surface area contributed by atoms with Crippen molar-refractivity contribution < 1.29 is 9.21 Å². The van der Waals surface area contributed by atoms with Crippen LogP contribution in [0.3, 0.4) is 0 Å². The lowest BCUT2D eigenvalue weighted by Gasteiger charge is -2.22. The molecule has 2 heterocycles. The maximum absolute atomic E-state index is 13.0. The zero-order valence-corrected chi connectivity index (χ0v) is 13.2. The highest BCUT2D eigenvalue weighted by atomic mass is 16.3. The number of pyridine rings is 1. The Labute approximate surface area is 135 Å². The molecule has 0 spiro atoms. The van der Waals surface area contributed by atoms with Crippen molar-refractivity contribution in [1.29, 1.82) is 0 Å². The average molecular weight is 308 g/mol. The summed E-state index contributed by atoms with van der Waals surface area (Å²) in [5.74, 6) is 0.0175. The summed E-state index contributed by atoms with van der Waals surface area (Å²) in [6.07, 6.45) is 7.07. The molecule has 4 heteroatoms. The van der Waals surface area contributed by atoms with Crippen molar-refractivity contribution >= 4 is 16.8 Å². The van der Waals surface area contributed by atoms with Gasteiger partial charge in [0.2, 0.25) is 0 Å². The van der Waals surface area contributed by atoms with Gasteiger partial charge in [-0.05, 0) is 24.6 Å². The predicted molar refractivity (Wildman–Crippen MR) is 90.1 cm³/mol. The fraction of sp³-hybridized carbons (Fsp3) is 0.263. The summed E-state index contributed by atoms with van der Waals surface area (Å²) >= 11 is 0. The molecule has 0 N–H and O–H groups in total. The minimum Gasteiger partial charge on any atom is -0.472 e. The number of carbonyl (C=O) groups is 1. The van der Waals surface area contributed by atoms with Crippen LogP contribution in [0, 0.1) is 0 Å². The molecule has 1 amide bonds. The van der Waals surface area contributed by atoms with E-state index in [1.807, 2.05) is 41.3 Å². The fourth-order valence-electron chi connectivity index (χ4n) is 2.65. The molecule has 0 aliphatic carbocycles. The van der Waals surface area contributed by atoms with Gasteiger partial charge in [-0.2, -0.15) is 0 Å². The molecule has 0 saturated carbocycles. The highest BCUT2D eigenvalue weighted by molar-refractivity contribution is 6.05. The SMILES string of the molecule is CCCCN(Cc1ccoc1)C(=O)c1cccc2cccnc12. The lowest BCUT2D eigenvalue weighted by molar-refractivity contribution is 0.0742. The van der Waals surface area contributed by atoms with Crippen LogP contribution >= 0.6 is 0 Å². The van der Waals surface area contributed by atoms with Crippen LogP contribution in [0.2, 0.25) is 0 Å². The predicted octanol–water partition coefficient (Wildman–Crippen LogP) is 4.27. The first-order valence-electron chi connectivity index (χ1n) is 7.93. The van der Waals surface area contributed by atoms with Crippen molar-refractivity contribution in [1.82, 2.24) is 9.88 Å². The van der Waals surface area contributed by atoms with Gasteiger partial charge in [0.15, 0.2) is 0 Å². The summed E-state index contributed by atoms with van der Waals surface area (Å²) in [6.45, 7) is 3.41. The molecule has 23 heavy (non-hydrogen) atoms. The number of hydrogen-bond acceptors (Lipinski definition) is 3. The van der Waals surface area contributed by atoms with E-state index in [0.717, 1.165) is 35.9 Å². The Morgan fingerprint density at radius 3 is 2.87 bits per heavy atom. The second-order valence-corrected chi connectivity index (χ2v) is 5.59. The molecular weight excluding hydrogens is 288 g/mol. The lowest BCUT2D eigenvalue weighted by Crippen LogP contribution is -2.31. The summed E-state index contributed by atoms with van der Waals surface area (Å²) < 4.78 is 5.13. The number of rotatable bonds is 6. The van der Waals surface area contributed by atoms with Gasteiger partial charge in [-0.3, -0.25) is 9.78 Å². The normalized spacial score (nSPS) is 10.8. The maximum Gasteiger partial charge on any atom is 0.256 e. The molecule has 0 radical (unpaired) electrons. The first-order valence-corrected chi connectivity index (χ1v) is 7.93. The molecule has 0 bridgehead atoms. The van der Waals surface area contributed by atoms with Crippen LogP contribution in [0.5, 0.6) is 0 Å². The Morgan fingerprint density at radius 2 is 2.09 bits per heavy atom. The van der Waals surface area contributed by atoms with Gasteiger partial charge in [-0.15, -0.1) is 0 Å². The molecule has 0 aliphatic rings. The van der Waals surface area contributed by atoms with E-state index in [1.54, 1.807) is 18.7 Å². The zero-order valence-electron chi connectivity index (χ0n) is 13.2. The maximum atomic E-state index is 13.0. The van der Waals surface area contributed by atoms with E-state index < -0.39 is 0 Å². The van der Waals surface area contributed by atoms with Gasteiger partial charge in [0.05, 0.1) is 23.6 Å². The summed E-state index contributed by atoms with van der Waals surface area (Å²) in [6, 6.07) is 11.5. The number of fused-ring (bicyclic) bond motifs is 1. The Balaban J connectivity index is 1.92.